The van der Waals surface area contributed by atoms with Crippen molar-refractivity contribution in [3.05, 3.63) is 35.4 Å². The van der Waals surface area contributed by atoms with Gasteiger partial charge in [-0.2, -0.15) is 0 Å². The van der Waals surface area contributed by atoms with Gasteiger partial charge in [0.25, 0.3) is 0 Å². The summed E-state index contributed by atoms with van der Waals surface area (Å²) in [5.74, 6) is 0.496. The van der Waals surface area contributed by atoms with Gasteiger partial charge in [-0.15, -0.1) is 0 Å². The van der Waals surface area contributed by atoms with Crippen LogP contribution in [-0.2, 0) is 0 Å². The first-order chi connectivity index (χ1) is 9.71. The number of nitrogens with zero attached hydrogens (tertiary/aromatic N) is 1. The summed E-state index contributed by atoms with van der Waals surface area (Å²) in [5, 5.41) is 23.5. The molecule has 0 saturated heterocycles. The standard InChI is InChI=1S/C17H30N2O2/c1-13(2)14-6-8-15(9-7-14)16(20)10-18-11-17(3,21)12-19(4)5/h6-9,13,16,18,20-21H,10-12H2,1-5H3. The first-order valence-electron chi connectivity index (χ1n) is 7.57. The Morgan fingerprint density at radius 2 is 1.67 bits per heavy atom. The van der Waals surface area contributed by atoms with Crippen LogP contribution in [0, 0.1) is 0 Å². The van der Waals surface area contributed by atoms with Gasteiger partial charge in [-0.25, -0.2) is 0 Å². The molecular formula is C17H30N2O2. The molecule has 0 fully saturated rings. The topological polar surface area (TPSA) is 55.7 Å². The predicted octanol–water partition coefficient (Wildman–Crippen LogP) is 1.75. The molecule has 0 heterocycles. The van der Waals surface area contributed by atoms with Crippen LogP contribution in [-0.4, -0.2) is 54.4 Å². The van der Waals surface area contributed by atoms with E-state index in [0.29, 0.717) is 25.6 Å². The number of aliphatic hydroxyl groups excluding tert-OH is 1. The van der Waals surface area contributed by atoms with Crippen LogP contribution >= 0.6 is 0 Å². The second-order valence-corrected chi connectivity index (χ2v) is 6.70. The highest BCUT2D eigenvalue weighted by Crippen LogP contribution is 2.18. The van der Waals surface area contributed by atoms with E-state index in [2.05, 4.69) is 31.3 Å². The Bertz CT molecular complexity index is 413. The summed E-state index contributed by atoms with van der Waals surface area (Å²) >= 11 is 0. The molecule has 0 aliphatic rings. The number of rotatable bonds is 8. The molecular weight excluding hydrogens is 264 g/mol. The lowest BCUT2D eigenvalue weighted by molar-refractivity contribution is 0.0308. The van der Waals surface area contributed by atoms with Crippen molar-refractivity contribution >= 4 is 0 Å². The Labute approximate surface area is 128 Å². The molecule has 0 saturated carbocycles. The van der Waals surface area contributed by atoms with Gasteiger partial charge >= 0.3 is 0 Å². The molecule has 4 nitrogen and oxygen atoms in total. The molecule has 0 bridgehead atoms. The first-order valence-corrected chi connectivity index (χ1v) is 7.57. The number of aliphatic hydroxyl groups is 2. The molecule has 0 amide bonds. The summed E-state index contributed by atoms with van der Waals surface area (Å²) in [5.41, 5.74) is 1.37. The molecule has 1 rings (SSSR count). The highest BCUT2D eigenvalue weighted by Gasteiger charge is 2.21. The summed E-state index contributed by atoms with van der Waals surface area (Å²) in [7, 11) is 3.86. The van der Waals surface area contributed by atoms with Crippen LogP contribution in [0.4, 0.5) is 0 Å². The van der Waals surface area contributed by atoms with Gasteiger partial charge in [0.1, 0.15) is 0 Å². The average Bonchev–Trinajstić information content (AvgIpc) is 2.36. The fourth-order valence-corrected chi connectivity index (χ4v) is 2.44. The number of hydrogen-bond donors (Lipinski definition) is 3. The van der Waals surface area contributed by atoms with Crippen molar-refractivity contribution in [2.45, 2.75) is 38.4 Å². The Kier molecular flexibility index (Phi) is 6.81. The summed E-state index contributed by atoms with van der Waals surface area (Å²) in [4.78, 5) is 1.95. The van der Waals surface area contributed by atoms with E-state index < -0.39 is 11.7 Å². The Hall–Kier alpha value is -0.940. The van der Waals surface area contributed by atoms with E-state index in [1.807, 2.05) is 31.1 Å². The maximum atomic E-state index is 10.2. The summed E-state index contributed by atoms with van der Waals surface area (Å²) in [6.07, 6.45) is -0.554. The van der Waals surface area contributed by atoms with Crippen molar-refractivity contribution in [2.75, 3.05) is 33.7 Å². The molecule has 2 unspecified atom stereocenters. The summed E-state index contributed by atoms with van der Waals surface area (Å²) in [6, 6.07) is 8.07. The second kappa shape index (κ2) is 7.90. The quantitative estimate of drug-likeness (QED) is 0.684. The van der Waals surface area contributed by atoms with E-state index in [0.717, 1.165) is 5.56 Å². The lowest BCUT2D eigenvalue weighted by atomic mass is 10.00. The zero-order valence-corrected chi connectivity index (χ0v) is 13.9. The lowest BCUT2D eigenvalue weighted by Crippen LogP contribution is -2.46. The fourth-order valence-electron chi connectivity index (χ4n) is 2.44. The monoisotopic (exact) mass is 294 g/mol. The summed E-state index contributed by atoms with van der Waals surface area (Å²) < 4.78 is 0. The van der Waals surface area contributed by atoms with Crippen LogP contribution < -0.4 is 5.32 Å². The Morgan fingerprint density at radius 3 is 2.14 bits per heavy atom. The number of benzene rings is 1. The van der Waals surface area contributed by atoms with E-state index in [1.54, 1.807) is 6.92 Å². The van der Waals surface area contributed by atoms with Crippen molar-refractivity contribution in [3.8, 4) is 0 Å². The molecule has 0 aromatic heterocycles. The van der Waals surface area contributed by atoms with Gasteiger partial charge in [0, 0.05) is 19.6 Å². The average molecular weight is 294 g/mol. The van der Waals surface area contributed by atoms with Gasteiger partial charge in [-0.05, 0) is 38.1 Å². The zero-order chi connectivity index (χ0) is 16.0. The minimum atomic E-state index is -0.801. The van der Waals surface area contributed by atoms with Crippen molar-refractivity contribution in [1.29, 1.82) is 0 Å². The third kappa shape index (κ3) is 6.57. The molecule has 0 aliphatic carbocycles. The third-order valence-electron chi connectivity index (χ3n) is 3.49. The van der Waals surface area contributed by atoms with Crippen molar-refractivity contribution in [1.82, 2.24) is 10.2 Å². The molecule has 1 aromatic rings. The lowest BCUT2D eigenvalue weighted by Gasteiger charge is -2.27. The van der Waals surface area contributed by atoms with Gasteiger partial charge in [0.15, 0.2) is 0 Å². The van der Waals surface area contributed by atoms with E-state index in [4.69, 9.17) is 0 Å². The van der Waals surface area contributed by atoms with Crippen LogP contribution in [0.3, 0.4) is 0 Å². The van der Waals surface area contributed by atoms with E-state index >= 15 is 0 Å². The first kappa shape index (κ1) is 18.1. The molecule has 21 heavy (non-hydrogen) atoms. The molecule has 4 heteroatoms. The van der Waals surface area contributed by atoms with Crippen LogP contribution in [0.1, 0.15) is 43.9 Å². The van der Waals surface area contributed by atoms with Crippen molar-refractivity contribution < 1.29 is 10.2 Å². The number of nitrogens with one attached hydrogen (secondary N) is 1. The van der Waals surface area contributed by atoms with E-state index in [9.17, 15) is 10.2 Å². The number of hydrogen-bond acceptors (Lipinski definition) is 4. The molecule has 1 aromatic carbocycles. The van der Waals surface area contributed by atoms with Crippen molar-refractivity contribution in [2.24, 2.45) is 0 Å². The van der Waals surface area contributed by atoms with Gasteiger partial charge < -0.3 is 20.4 Å². The zero-order valence-electron chi connectivity index (χ0n) is 13.9. The van der Waals surface area contributed by atoms with Gasteiger partial charge in [-0.1, -0.05) is 38.1 Å². The maximum Gasteiger partial charge on any atom is 0.0914 e. The molecule has 2 atom stereocenters. The molecule has 120 valence electrons. The normalized spacial score (nSPS) is 16.2. The fraction of sp³-hybridized carbons (Fsp3) is 0.647. The maximum absolute atomic E-state index is 10.2. The van der Waals surface area contributed by atoms with Crippen LogP contribution in [0.25, 0.3) is 0 Å². The van der Waals surface area contributed by atoms with E-state index in [1.165, 1.54) is 5.56 Å². The highest BCUT2D eigenvalue weighted by molar-refractivity contribution is 5.26. The smallest absolute Gasteiger partial charge is 0.0914 e. The van der Waals surface area contributed by atoms with Gasteiger partial charge in [0.2, 0.25) is 0 Å². The number of likely N-dealkylation sites (N-methyl/N-ethyl adjacent to an activating group) is 1. The molecule has 0 aliphatic heterocycles. The third-order valence-corrected chi connectivity index (χ3v) is 3.49. The molecule has 0 spiro atoms. The molecule has 0 radical (unpaired) electrons. The summed E-state index contributed by atoms with van der Waals surface area (Å²) in [6.45, 7) is 7.57. The van der Waals surface area contributed by atoms with Crippen LogP contribution in [0.15, 0.2) is 24.3 Å². The Balaban J connectivity index is 2.45. The van der Waals surface area contributed by atoms with Gasteiger partial charge in [-0.3, -0.25) is 0 Å². The highest BCUT2D eigenvalue weighted by atomic mass is 16.3. The Morgan fingerprint density at radius 1 is 1.14 bits per heavy atom. The second-order valence-electron chi connectivity index (χ2n) is 6.70. The minimum Gasteiger partial charge on any atom is -0.388 e. The van der Waals surface area contributed by atoms with E-state index in [-0.39, 0.29) is 0 Å². The van der Waals surface area contributed by atoms with Crippen LogP contribution in [0.2, 0.25) is 0 Å². The largest absolute Gasteiger partial charge is 0.388 e. The molecule has 3 N–H and O–H groups in total. The van der Waals surface area contributed by atoms with Crippen LogP contribution in [0.5, 0.6) is 0 Å². The predicted molar refractivity (Wildman–Crippen MR) is 87.5 cm³/mol. The SMILES string of the molecule is CC(C)c1ccc(C(O)CNCC(C)(O)CN(C)C)cc1. The minimum absolute atomic E-state index is 0.435. The van der Waals surface area contributed by atoms with Crippen molar-refractivity contribution in [3.63, 3.8) is 0 Å². The van der Waals surface area contributed by atoms with Gasteiger partial charge in [0.05, 0.1) is 11.7 Å².